The average Bonchev–Trinajstić information content (AvgIpc) is 1.81. The van der Waals surface area contributed by atoms with E-state index in [1.165, 1.54) is 13.8 Å². The van der Waals surface area contributed by atoms with E-state index in [0.717, 1.165) is 6.42 Å². The van der Waals surface area contributed by atoms with Crippen LogP contribution in [0.3, 0.4) is 0 Å². The summed E-state index contributed by atoms with van der Waals surface area (Å²) in [5.41, 5.74) is 0. The molecule has 0 saturated carbocycles. The third-order valence-corrected chi connectivity index (χ3v) is 4.21. The maximum atomic E-state index is 11.2. The summed E-state index contributed by atoms with van der Waals surface area (Å²) in [6.07, 6.45) is 1.57. The lowest BCUT2D eigenvalue weighted by atomic mass is 10.4. The minimum absolute atomic E-state index is 0.104. The molecule has 0 rings (SSSR count). The van der Waals surface area contributed by atoms with E-state index in [1.54, 1.807) is 0 Å². The molecule has 0 amide bonds. The number of unbranched alkanes of at least 4 members (excludes halogenated alkanes) is 1. The van der Waals surface area contributed by atoms with Gasteiger partial charge in [-0.2, -0.15) is 0 Å². The number of aliphatic hydroxyl groups is 1. The zero-order valence-corrected chi connectivity index (χ0v) is 8.23. The van der Waals surface area contributed by atoms with Gasteiger partial charge in [0.05, 0.1) is 5.34 Å². The molecular formula is C7H16O3P-. The minimum Gasteiger partial charge on any atom is -0.797 e. The molecule has 0 saturated heterocycles. The lowest BCUT2D eigenvalue weighted by Gasteiger charge is -2.35. The first-order valence-electron chi connectivity index (χ1n) is 3.84. The Labute approximate surface area is 67.9 Å². The van der Waals surface area contributed by atoms with Crippen LogP contribution in [0.4, 0.5) is 0 Å². The Hall–Kier alpha value is 0.150. The highest BCUT2D eigenvalue weighted by molar-refractivity contribution is 7.57. The van der Waals surface area contributed by atoms with Crippen LogP contribution in [0, 0.1) is 0 Å². The third-order valence-electron chi connectivity index (χ3n) is 1.64. The lowest BCUT2D eigenvalue weighted by molar-refractivity contribution is -0.189. The highest BCUT2D eigenvalue weighted by atomic mass is 31.2. The Balaban J connectivity index is 4.12. The first kappa shape index (κ1) is 11.2. The molecule has 1 unspecified atom stereocenters. The maximum absolute atomic E-state index is 11.2. The van der Waals surface area contributed by atoms with Gasteiger partial charge in [-0.15, -0.1) is 0 Å². The van der Waals surface area contributed by atoms with Crippen molar-refractivity contribution in [2.45, 2.75) is 39.0 Å². The molecule has 3 nitrogen and oxygen atoms in total. The SMILES string of the molecule is CCCCP(=O)([O-])C(C)(C)O. The standard InChI is InChI=1S/C7H17O3P/c1-4-5-6-11(9,10)7(2,3)8/h8H,4-6H2,1-3H3,(H,9,10)/p-1. The molecule has 0 aliphatic heterocycles. The Kier molecular flexibility index (Phi) is 3.75. The van der Waals surface area contributed by atoms with Crippen LogP contribution in [-0.4, -0.2) is 16.6 Å². The number of hydrogen-bond donors (Lipinski definition) is 1. The van der Waals surface area contributed by atoms with Gasteiger partial charge in [-0.1, -0.05) is 13.3 Å². The van der Waals surface area contributed by atoms with E-state index in [0.29, 0.717) is 6.42 Å². The molecule has 11 heavy (non-hydrogen) atoms. The molecular weight excluding hydrogens is 163 g/mol. The summed E-state index contributed by atoms with van der Waals surface area (Å²) in [5.74, 6) is 0. The summed E-state index contributed by atoms with van der Waals surface area (Å²) < 4.78 is 11.2. The smallest absolute Gasteiger partial charge is 0.0990 e. The Morgan fingerprint density at radius 2 is 2.00 bits per heavy atom. The van der Waals surface area contributed by atoms with Crippen molar-refractivity contribution in [3.8, 4) is 0 Å². The Morgan fingerprint density at radius 1 is 1.55 bits per heavy atom. The van der Waals surface area contributed by atoms with Crippen LogP contribution in [0.1, 0.15) is 33.6 Å². The van der Waals surface area contributed by atoms with Crippen molar-refractivity contribution in [3.05, 3.63) is 0 Å². The van der Waals surface area contributed by atoms with E-state index in [9.17, 15) is 14.6 Å². The molecule has 68 valence electrons. The second-order valence-corrected chi connectivity index (χ2v) is 6.13. The van der Waals surface area contributed by atoms with E-state index in [1.807, 2.05) is 6.92 Å². The quantitative estimate of drug-likeness (QED) is 0.658. The zero-order valence-electron chi connectivity index (χ0n) is 7.33. The Morgan fingerprint density at radius 3 is 2.27 bits per heavy atom. The van der Waals surface area contributed by atoms with Crippen molar-refractivity contribution >= 4 is 7.37 Å². The summed E-state index contributed by atoms with van der Waals surface area (Å²) in [5, 5.41) is 7.64. The van der Waals surface area contributed by atoms with Gasteiger partial charge in [0, 0.05) is 7.37 Å². The van der Waals surface area contributed by atoms with Crippen LogP contribution in [0.25, 0.3) is 0 Å². The van der Waals surface area contributed by atoms with Gasteiger partial charge in [0.1, 0.15) is 0 Å². The van der Waals surface area contributed by atoms with Crippen LogP contribution < -0.4 is 4.89 Å². The van der Waals surface area contributed by atoms with E-state index >= 15 is 0 Å². The second kappa shape index (κ2) is 3.70. The van der Waals surface area contributed by atoms with Gasteiger partial charge < -0.3 is 14.6 Å². The molecule has 1 N–H and O–H groups in total. The molecule has 0 aromatic carbocycles. The van der Waals surface area contributed by atoms with Crippen molar-refractivity contribution in [2.75, 3.05) is 6.16 Å². The van der Waals surface area contributed by atoms with E-state index < -0.39 is 12.7 Å². The highest BCUT2D eigenvalue weighted by Gasteiger charge is 2.26. The van der Waals surface area contributed by atoms with Crippen LogP contribution >= 0.6 is 7.37 Å². The molecule has 0 radical (unpaired) electrons. The van der Waals surface area contributed by atoms with Crippen molar-refractivity contribution in [2.24, 2.45) is 0 Å². The fourth-order valence-corrected chi connectivity index (χ4v) is 1.92. The summed E-state index contributed by atoms with van der Waals surface area (Å²) in [4.78, 5) is 11.2. The van der Waals surface area contributed by atoms with Crippen LogP contribution in [0.5, 0.6) is 0 Å². The van der Waals surface area contributed by atoms with Gasteiger partial charge in [0.15, 0.2) is 0 Å². The molecule has 0 spiro atoms. The van der Waals surface area contributed by atoms with Crippen molar-refractivity contribution in [1.82, 2.24) is 0 Å². The second-order valence-electron chi connectivity index (χ2n) is 3.25. The molecule has 0 aromatic heterocycles. The maximum Gasteiger partial charge on any atom is 0.0990 e. The van der Waals surface area contributed by atoms with Crippen molar-refractivity contribution in [1.29, 1.82) is 0 Å². The number of rotatable bonds is 4. The highest BCUT2D eigenvalue weighted by Crippen LogP contribution is 2.48. The van der Waals surface area contributed by atoms with Gasteiger partial charge in [-0.25, -0.2) is 0 Å². The molecule has 0 aromatic rings. The first-order chi connectivity index (χ1) is 4.81. The van der Waals surface area contributed by atoms with Gasteiger partial charge in [-0.3, -0.25) is 0 Å². The fraction of sp³-hybridized carbons (Fsp3) is 1.00. The third kappa shape index (κ3) is 3.37. The van der Waals surface area contributed by atoms with Gasteiger partial charge in [0.2, 0.25) is 0 Å². The summed E-state index contributed by atoms with van der Waals surface area (Å²) >= 11 is 0. The lowest BCUT2D eigenvalue weighted by Crippen LogP contribution is -2.28. The van der Waals surface area contributed by atoms with E-state index in [2.05, 4.69) is 0 Å². The molecule has 0 fully saturated rings. The van der Waals surface area contributed by atoms with Crippen LogP contribution in [-0.2, 0) is 4.57 Å². The van der Waals surface area contributed by atoms with Crippen LogP contribution in [0.15, 0.2) is 0 Å². The molecule has 0 aliphatic rings. The zero-order chi connectivity index (χ0) is 9.12. The molecule has 1 atom stereocenters. The largest absolute Gasteiger partial charge is 0.797 e. The van der Waals surface area contributed by atoms with Crippen molar-refractivity contribution in [3.63, 3.8) is 0 Å². The first-order valence-corrected chi connectivity index (χ1v) is 5.65. The average molecular weight is 179 g/mol. The fourth-order valence-electron chi connectivity index (χ4n) is 0.640. The Bertz CT molecular complexity index is 160. The molecule has 0 bridgehead atoms. The topological polar surface area (TPSA) is 60.4 Å². The predicted octanol–water partition coefficient (Wildman–Crippen LogP) is 1.15. The molecule has 4 heteroatoms. The van der Waals surface area contributed by atoms with Crippen molar-refractivity contribution < 1.29 is 14.6 Å². The van der Waals surface area contributed by atoms with E-state index in [-0.39, 0.29) is 6.16 Å². The number of hydrogen-bond acceptors (Lipinski definition) is 3. The molecule has 0 heterocycles. The predicted molar refractivity (Wildman–Crippen MR) is 43.7 cm³/mol. The van der Waals surface area contributed by atoms with Gasteiger partial charge in [0.25, 0.3) is 0 Å². The monoisotopic (exact) mass is 179 g/mol. The summed E-state index contributed by atoms with van der Waals surface area (Å²) in [7, 11) is -3.59. The summed E-state index contributed by atoms with van der Waals surface area (Å²) in [6.45, 7) is 4.55. The molecule has 0 aliphatic carbocycles. The normalized spacial score (nSPS) is 17.9. The summed E-state index contributed by atoms with van der Waals surface area (Å²) in [6, 6.07) is 0. The van der Waals surface area contributed by atoms with E-state index in [4.69, 9.17) is 0 Å². The van der Waals surface area contributed by atoms with Gasteiger partial charge >= 0.3 is 0 Å². The van der Waals surface area contributed by atoms with Crippen LogP contribution in [0.2, 0.25) is 0 Å². The van der Waals surface area contributed by atoms with Gasteiger partial charge in [-0.05, 0) is 26.4 Å². The minimum atomic E-state index is -3.59.